The minimum Gasteiger partial charge on any atom is -0.353 e. The summed E-state index contributed by atoms with van der Waals surface area (Å²) in [6.07, 6.45) is 0.0494. The number of hydrogen-bond donors (Lipinski definition) is 2. The molecule has 1 saturated heterocycles. The number of amides is 2. The molecule has 2 N–H and O–H groups in total. The molecule has 0 radical (unpaired) electrons. The molecule has 1 aromatic heterocycles. The molecule has 24 heavy (non-hydrogen) atoms. The molecule has 3 rings (SSSR count). The first kappa shape index (κ1) is 16.2. The van der Waals surface area contributed by atoms with Crippen molar-refractivity contribution in [1.82, 2.24) is 20.4 Å². The summed E-state index contributed by atoms with van der Waals surface area (Å²) in [6, 6.07) is 6.59. The lowest BCUT2D eigenvalue weighted by Gasteiger charge is -2.37. The Bertz CT molecular complexity index is 843. The number of aromatic nitrogens is 2. The second-order valence-electron chi connectivity index (χ2n) is 6.29. The average molecular weight is 328 g/mol. The van der Waals surface area contributed by atoms with E-state index in [2.05, 4.69) is 15.5 Å². The number of nitrogens with one attached hydrogen (secondary N) is 2. The van der Waals surface area contributed by atoms with Gasteiger partial charge in [0.1, 0.15) is 6.04 Å². The van der Waals surface area contributed by atoms with Crippen molar-refractivity contribution in [3.63, 3.8) is 0 Å². The summed E-state index contributed by atoms with van der Waals surface area (Å²) in [5.74, 6) is -0.258. The van der Waals surface area contributed by atoms with Crippen molar-refractivity contribution in [3.8, 4) is 0 Å². The van der Waals surface area contributed by atoms with Crippen molar-refractivity contribution in [3.05, 3.63) is 40.3 Å². The van der Waals surface area contributed by atoms with Gasteiger partial charge in [-0.1, -0.05) is 32.0 Å². The first-order chi connectivity index (χ1) is 11.5. The van der Waals surface area contributed by atoms with Gasteiger partial charge in [-0.15, -0.1) is 0 Å². The molecule has 1 aliphatic rings. The van der Waals surface area contributed by atoms with Crippen LogP contribution in [0.15, 0.2) is 29.1 Å². The second-order valence-corrected chi connectivity index (χ2v) is 6.29. The molecule has 1 aliphatic heterocycles. The molecule has 1 aromatic carbocycles. The van der Waals surface area contributed by atoms with E-state index in [1.54, 1.807) is 23.1 Å². The maximum absolute atomic E-state index is 12.8. The standard InChI is InChI=1S/C17H20N4O3/c1-10(2)15-17(24)18-7-8-21(15)14(22)9-13-11-5-3-4-6-12(11)16(23)20-19-13/h3-6,10,15H,7-9H2,1-2H3,(H,18,24)(H,20,23). The first-order valence-electron chi connectivity index (χ1n) is 8.02. The summed E-state index contributed by atoms with van der Waals surface area (Å²) in [5, 5.41) is 10.5. The Labute approximate surface area is 139 Å². The normalized spacial score (nSPS) is 18.0. The van der Waals surface area contributed by atoms with E-state index in [-0.39, 0.29) is 29.7 Å². The van der Waals surface area contributed by atoms with E-state index in [0.29, 0.717) is 29.6 Å². The fourth-order valence-electron chi connectivity index (χ4n) is 3.18. The lowest BCUT2D eigenvalue weighted by atomic mass is 9.98. The molecule has 1 atom stereocenters. The van der Waals surface area contributed by atoms with Crippen LogP contribution < -0.4 is 10.9 Å². The van der Waals surface area contributed by atoms with Gasteiger partial charge >= 0.3 is 0 Å². The number of benzene rings is 1. The van der Waals surface area contributed by atoms with Gasteiger partial charge in [-0.2, -0.15) is 5.10 Å². The van der Waals surface area contributed by atoms with Crippen LogP contribution in [-0.2, 0) is 16.0 Å². The number of aromatic amines is 1. The van der Waals surface area contributed by atoms with Gasteiger partial charge in [0.05, 0.1) is 17.5 Å². The summed E-state index contributed by atoms with van der Waals surface area (Å²) in [6.45, 7) is 4.77. The van der Waals surface area contributed by atoms with Gasteiger partial charge in [0.15, 0.2) is 0 Å². The monoisotopic (exact) mass is 328 g/mol. The molecule has 1 fully saturated rings. The zero-order chi connectivity index (χ0) is 17.3. The maximum Gasteiger partial charge on any atom is 0.272 e. The molecule has 7 nitrogen and oxygen atoms in total. The van der Waals surface area contributed by atoms with E-state index in [4.69, 9.17) is 0 Å². The van der Waals surface area contributed by atoms with Crippen molar-refractivity contribution < 1.29 is 9.59 Å². The summed E-state index contributed by atoms with van der Waals surface area (Å²) < 4.78 is 0. The Morgan fingerprint density at radius 2 is 2.00 bits per heavy atom. The second kappa shape index (κ2) is 6.43. The van der Waals surface area contributed by atoms with Crippen LogP contribution in [0.3, 0.4) is 0 Å². The molecule has 1 unspecified atom stereocenters. The fourth-order valence-corrected chi connectivity index (χ4v) is 3.18. The van der Waals surface area contributed by atoms with Crippen LogP contribution in [0.1, 0.15) is 19.5 Å². The van der Waals surface area contributed by atoms with E-state index in [1.165, 1.54) is 0 Å². The molecular weight excluding hydrogens is 308 g/mol. The first-order valence-corrected chi connectivity index (χ1v) is 8.02. The van der Waals surface area contributed by atoms with Crippen molar-refractivity contribution in [1.29, 1.82) is 0 Å². The number of hydrogen-bond acceptors (Lipinski definition) is 4. The number of carbonyl (C=O) groups excluding carboxylic acids is 2. The fraction of sp³-hybridized carbons (Fsp3) is 0.412. The zero-order valence-corrected chi connectivity index (χ0v) is 13.7. The smallest absolute Gasteiger partial charge is 0.272 e. The highest BCUT2D eigenvalue weighted by Gasteiger charge is 2.35. The van der Waals surface area contributed by atoms with E-state index in [1.807, 2.05) is 19.9 Å². The van der Waals surface area contributed by atoms with Crippen molar-refractivity contribution >= 4 is 22.6 Å². The SMILES string of the molecule is CC(C)C1C(=O)NCCN1C(=O)Cc1n[nH]c(=O)c2ccccc12. The van der Waals surface area contributed by atoms with Crippen molar-refractivity contribution in [2.75, 3.05) is 13.1 Å². The average Bonchev–Trinajstić information content (AvgIpc) is 2.57. The minimum absolute atomic E-state index is 0.0227. The predicted octanol–water partition coefficient (Wildman–Crippen LogP) is 0.449. The van der Waals surface area contributed by atoms with Crippen LogP contribution in [0.5, 0.6) is 0 Å². The summed E-state index contributed by atoms with van der Waals surface area (Å²) >= 11 is 0. The molecule has 0 aliphatic carbocycles. The Morgan fingerprint density at radius 3 is 2.71 bits per heavy atom. The number of H-pyrrole nitrogens is 1. The largest absolute Gasteiger partial charge is 0.353 e. The van der Waals surface area contributed by atoms with Crippen LogP contribution in [0.25, 0.3) is 10.8 Å². The molecule has 2 aromatic rings. The zero-order valence-electron chi connectivity index (χ0n) is 13.7. The number of rotatable bonds is 3. The third kappa shape index (κ3) is 2.89. The Hall–Kier alpha value is -2.70. The Morgan fingerprint density at radius 1 is 1.29 bits per heavy atom. The maximum atomic E-state index is 12.8. The van der Waals surface area contributed by atoms with Gasteiger partial charge < -0.3 is 10.2 Å². The van der Waals surface area contributed by atoms with E-state index < -0.39 is 6.04 Å². The quantitative estimate of drug-likeness (QED) is 0.855. The number of piperazine rings is 1. The van der Waals surface area contributed by atoms with E-state index in [9.17, 15) is 14.4 Å². The summed E-state index contributed by atoms with van der Waals surface area (Å²) in [7, 11) is 0. The number of carbonyl (C=O) groups is 2. The molecule has 2 heterocycles. The molecule has 0 saturated carbocycles. The highest BCUT2D eigenvalue weighted by Crippen LogP contribution is 2.18. The van der Waals surface area contributed by atoms with E-state index in [0.717, 1.165) is 0 Å². The van der Waals surface area contributed by atoms with Crippen LogP contribution >= 0.6 is 0 Å². The highest BCUT2D eigenvalue weighted by molar-refractivity contribution is 5.92. The molecule has 0 bridgehead atoms. The van der Waals surface area contributed by atoms with Crippen molar-refractivity contribution in [2.45, 2.75) is 26.3 Å². The number of nitrogens with zero attached hydrogens (tertiary/aromatic N) is 2. The van der Waals surface area contributed by atoms with Gasteiger partial charge in [0.25, 0.3) is 5.56 Å². The van der Waals surface area contributed by atoms with Gasteiger partial charge in [-0.3, -0.25) is 14.4 Å². The van der Waals surface area contributed by atoms with Crippen LogP contribution in [0, 0.1) is 5.92 Å². The molecule has 2 amide bonds. The topological polar surface area (TPSA) is 95.2 Å². The summed E-state index contributed by atoms with van der Waals surface area (Å²) in [4.78, 5) is 38.3. The van der Waals surface area contributed by atoms with Crippen LogP contribution in [0.2, 0.25) is 0 Å². The number of fused-ring (bicyclic) bond motifs is 1. The van der Waals surface area contributed by atoms with Gasteiger partial charge in [-0.05, 0) is 12.0 Å². The lowest BCUT2D eigenvalue weighted by Crippen LogP contribution is -2.59. The molecule has 126 valence electrons. The summed E-state index contributed by atoms with van der Waals surface area (Å²) in [5.41, 5.74) is 0.239. The minimum atomic E-state index is -0.472. The Kier molecular flexibility index (Phi) is 4.33. The highest BCUT2D eigenvalue weighted by atomic mass is 16.2. The van der Waals surface area contributed by atoms with Crippen LogP contribution in [-0.4, -0.2) is 46.0 Å². The van der Waals surface area contributed by atoms with Crippen LogP contribution in [0.4, 0.5) is 0 Å². The predicted molar refractivity (Wildman–Crippen MR) is 89.4 cm³/mol. The van der Waals surface area contributed by atoms with Gasteiger partial charge in [0.2, 0.25) is 11.8 Å². The molecule has 7 heteroatoms. The Balaban J connectivity index is 1.91. The van der Waals surface area contributed by atoms with Gasteiger partial charge in [-0.25, -0.2) is 5.10 Å². The lowest BCUT2D eigenvalue weighted by molar-refractivity contribution is -0.144. The van der Waals surface area contributed by atoms with Crippen molar-refractivity contribution in [2.24, 2.45) is 5.92 Å². The molecular formula is C17H20N4O3. The third-order valence-corrected chi connectivity index (χ3v) is 4.30. The molecule has 0 spiro atoms. The van der Waals surface area contributed by atoms with Gasteiger partial charge in [0, 0.05) is 18.5 Å². The third-order valence-electron chi connectivity index (χ3n) is 4.30. The van der Waals surface area contributed by atoms with E-state index >= 15 is 0 Å².